The van der Waals surface area contributed by atoms with Gasteiger partial charge in [-0.3, -0.25) is 9.10 Å². The molecule has 0 saturated heterocycles. The van der Waals surface area contributed by atoms with Crippen molar-refractivity contribution in [1.29, 1.82) is 0 Å². The summed E-state index contributed by atoms with van der Waals surface area (Å²) >= 11 is 6.23. The molecule has 3 aromatic rings. The van der Waals surface area contributed by atoms with E-state index >= 15 is 0 Å². The molecule has 0 fully saturated rings. The molecule has 0 aromatic heterocycles. The molecule has 1 amide bonds. The van der Waals surface area contributed by atoms with E-state index in [1.54, 1.807) is 73.7 Å². The number of nitrogens with zero attached hydrogens (tertiary/aromatic N) is 2. The average Bonchev–Trinajstić information content (AvgIpc) is 2.84. The van der Waals surface area contributed by atoms with E-state index in [9.17, 15) is 13.2 Å². The second-order valence-corrected chi connectivity index (χ2v) is 9.44. The standard InChI is InChI=1S/C25H24ClN3O4S/c1-3-15-33-21-10-7-9-20(16-21)17-27-28-25(30)18-29(24-14-8-13-23(26)19(24)2)34(31,32)22-11-5-4-6-12-22/h3-14,16-17H,1,15,18H2,2H3,(H,28,30)/b27-17-. The first-order chi connectivity index (χ1) is 16.3. The molecule has 9 heteroatoms. The highest BCUT2D eigenvalue weighted by Gasteiger charge is 2.28. The van der Waals surface area contributed by atoms with Crippen molar-refractivity contribution in [3.05, 3.63) is 102 Å². The van der Waals surface area contributed by atoms with Gasteiger partial charge < -0.3 is 4.74 Å². The third-order valence-corrected chi connectivity index (χ3v) is 6.94. The zero-order valence-corrected chi connectivity index (χ0v) is 20.1. The summed E-state index contributed by atoms with van der Waals surface area (Å²) in [5.74, 6) is 0.0148. The Morgan fingerprint density at radius 2 is 1.85 bits per heavy atom. The van der Waals surface area contributed by atoms with Gasteiger partial charge in [-0.2, -0.15) is 5.10 Å². The number of hydrogen-bond acceptors (Lipinski definition) is 5. The van der Waals surface area contributed by atoms with Crippen molar-refractivity contribution in [3.63, 3.8) is 0 Å². The number of amides is 1. The van der Waals surface area contributed by atoms with Gasteiger partial charge >= 0.3 is 0 Å². The molecule has 3 aromatic carbocycles. The largest absolute Gasteiger partial charge is 0.490 e. The summed E-state index contributed by atoms with van der Waals surface area (Å²) in [5, 5.41) is 4.35. The molecule has 0 aliphatic carbocycles. The molecule has 34 heavy (non-hydrogen) atoms. The molecule has 7 nitrogen and oxygen atoms in total. The number of carbonyl (C=O) groups is 1. The molecule has 1 N–H and O–H groups in total. The lowest BCUT2D eigenvalue weighted by molar-refractivity contribution is -0.119. The maximum absolute atomic E-state index is 13.4. The van der Waals surface area contributed by atoms with E-state index in [0.29, 0.717) is 34.2 Å². The minimum Gasteiger partial charge on any atom is -0.490 e. The van der Waals surface area contributed by atoms with Gasteiger partial charge in [-0.15, -0.1) is 0 Å². The number of rotatable bonds is 10. The summed E-state index contributed by atoms with van der Waals surface area (Å²) in [4.78, 5) is 12.8. The Labute approximate surface area is 204 Å². The number of ether oxygens (including phenoxy) is 1. The van der Waals surface area contributed by atoms with Crippen LogP contribution in [0.3, 0.4) is 0 Å². The number of nitrogens with one attached hydrogen (secondary N) is 1. The zero-order valence-electron chi connectivity index (χ0n) is 18.5. The number of sulfonamides is 1. The molecule has 0 aliphatic rings. The summed E-state index contributed by atoms with van der Waals surface area (Å²) in [7, 11) is -4.04. The first-order valence-electron chi connectivity index (χ1n) is 10.3. The van der Waals surface area contributed by atoms with E-state index in [-0.39, 0.29) is 4.90 Å². The van der Waals surface area contributed by atoms with Crippen LogP contribution in [0, 0.1) is 6.92 Å². The zero-order chi connectivity index (χ0) is 24.6. The van der Waals surface area contributed by atoms with Gasteiger partial charge in [0.1, 0.15) is 18.9 Å². The van der Waals surface area contributed by atoms with Crippen LogP contribution in [0.4, 0.5) is 5.69 Å². The van der Waals surface area contributed by atoms with Gasteiger partial charge in [-0.05, 0) is 54.4 Å². The monoisotopic (exact) mass is 497 g/mol. The third-order valence-electron chi connectivity index (χ3n) is 4.76. The van der Waals surface area contributed by atoms with E-state index in [1.807, 2.05) is 0 Å². The van der Waals surface area contributed by atoms with Crippen LogP contribution in [0.1, 0.15) is 11.1 Å². The average molecular weight is 498 g/mol. The second kappa shape index (κ2) is 11.5. The maximum atomic E-state index is 13.4. The summed E-state index contributed by atoms with van der Waals surface area (Å²) in [5.41, 5.74) is 3.93. The smallest absolute Gasteiger partial charge is 0.264 e. The predicted octanol–water partition coefficient (Wildman–Crippen LogP) is 4.56. The van der Waals surface area contributed by atoms with Crippen molar-refractivity contribution in [3.8, 4) is 5.75 Å². The SMILES string of the molecule is C=CCOc1cccc(/C=N\NC(=O)CN(c2cccc(Cl)c2C)S(=O)(=O)c2ccccc2)c1. The third kappa shape index (κ3) is 6.24. The van der Waals surface area contributed by atoms with E-state index in [0.717, 1.165) is 4.31 Å². The van der Waals surface area contributed by atoms with E-state index in [2.05, 4.69) is 17.1 Å². The second-order valence-electron chi connectivity index (χ2n) is 7.17. The lowest BCUT2D eigenvalue weighted by Crippen LogP contribution is -2.40. The Balaban J connectivity index is 1.81. The molecule has 3 rings (SSSR count). The molecule has 0 saturated carbocycles. The molecule has 0 spiro atoms. The Morgan fingerprint density at radius 1 is 1.12 bits per heavy atom. The molecule has 0 unspecified atom stereocenters. The quantitative estimate of drug-likeness (QED) is 0.253. The predicted molar refractivity (Wildman–Crippen MR) is 135 cm³/mol. The van der Waals surface area contributed by atoms with Gasteiger partial charge in [0.25, 0.3) is 15.9 Å². The highest BCUT2D eigenvalue weighted by molar-refractivity contribution is 7.92. The topological polar surface area (TPSA) is 88.1 Å². The van der Waals surface area contributed by atoms with Gasteiger partial charge in [0, 0.05) is 5.02 Å². The van der Waals surface area contributed by atoms with Gasteiger partial charge in [-0.25, -0.2) is 13.8 Å². The van der Waals surface area contributed by atoms with Gasteiger partial charge in [0.05, 0.1) is 16.8 Å². The van der Waals surface area contributed by atoms with Crippen LogP contribution in [-0.4, -0.2) is 33.7 Å². The number of benzene rings is 3. The number of hydrogen-bond donors (Lipinski definition) is 1. The number of anilines is 1. The lowest BCUT2D eigenvalue weighted by atomic mass is 10.2. The minimum absolute atomic E-state index is 0.0574. The van der Waals surface area contributed by atoms with Crippen molar-refractivity contribution >= 4 is 39.4 Å². The number of halogens is 1. The summed E-state index contributed by atoms with van der Waals surface area (Å²) in [6, 6.07) is 19.9. The Kier molecular flexibility index (Phi) is 8.45. The molecule has 0 heterocycles. The van der Waals surface area contributed by atoms with E-state index in [1.165, 1.54) is 18.3 Å². The number of hydrazone groups is 1. The fourth-order valence-corrected chi connectivity index (χ4v) is 4.74. The molecule has 0 bridgehead atoms. The van der Waals surface area contributed by atoms with Crippen molar-refractivity contribution in [2.24, 2.45) is 5.10 Å². The molecule has 176 valence electrons. The first kappa shape index (κ1) is 25.0. The highest BCUT2D eigenvalue weighted by atomic mass is 35.5. The van der Waals surface area contributed by atoms with Crippen molar-refractivity contribution < 1.29 is 17.9 Å². The van der Waals surface area contributed by atoms with Crippen LogP contribution in [0.5, 0.6) is 5.75 Å². The van der Waals surface area contributed by atoms with Crippen molar-refractivity contribution in [1.82, 2.24) is 5.43 Å². The van der Waals surface area contributed by atoms with Crippen LogP contribution in [0.2, 0.25) is 5.02 Å². The van der Waals surface area contributed by atoms with Gasteiger partial charge in [0.2, 0.25) is 0 Å². The van der Waals surface area contributed by atoms with Crippen molar-refractivity contribution in [2.75, 3.05) is 17.5 Å². The van der Waals surface area contributed by atoms with Crippen LogP contribution >= 0.6 is 11.6 Å². The Bertz CT molecular complexity index is 1290. The fraction of sp³-hybridized carbons (Fsp3) is 0.120. The molecule has 0 radical (unpaired) electrons. The van der Waals surface area contributed by atoms with Gasteiger partial charge in [0.15, 0.2) is 0 Å². The number of carbonyl (C=O) groups excluding carboxylic acids is 1. The van der Waals surface area contributed by atoms with Crippen LogP contribution in [0.25, 0.3) is 0 Å². The van der Waals surface area contributed by atoms with Crippen LogP contribution in [0.15, 0.2) is 95.4 Å². The maximum Gasteiger partial charge on any atom is 0.264 e. The van der Waals surface area contributed by atoms with Crippen LogP contribution < -0.4 is 14.5 Å². The Hall–Kier alpha value is -3.62. The lowest BCUT2D eigenvalue weighted by Gasteiger charge is -2.25. The molecular formula is C25H24ClN3O4S. The molecular weight excluding hydrogens is 474 g/mol. The van der Waals surface area contributed by atoms with Crippen molar-refractivity contribution in [2.45, 2.75) is 11.8 Å². The van der Waals surface area contributed by atoms with E-state index < -0.39 is 22.5 Å². The summed E-state index contributed by atoms with van der Waals surface area (Å²) in [6.45, 7) is 5.18. The Morgan fingerprint density at radius 3 is 2.59 bits per heavy atom. The summed E-state index contributed by atoms with van der Waals surface area (Å²) < 4.78 is 33.3. The highest BCUT2D eigenvalue weighted by Crippen LogP contribution is 2.30. The fourth-order valence-electron chi connectivity index (χ4n) is 3.07. The normalized spacial score (nSPS) is 11.2. The van der Waals surface area contributed by atoms with Gasteiger partial charge in [-0.1, -0.05) is 60.7 Å². The molecule has 0 aliphatic heterocycles. The van der Waals surface area contributed by atoms with Crippen LogP contribution in [-0.2, 0) is 14.8 Å². The first-order valence-corrected chi connectivity index (χ1v) is 12.1. The summed E-state index contributed by atoms with van der Waals surface area (Å²) in [6.07, 6.45) is 3.08. The molecule has 0 atom stereocenters. The van der Waals surface area contributed by atoms with E-state index in [4.69, 9.17) is 16.3 Å². The minimum atomic E-state index is -4.04.